The van der Waals surface area contributed by atoms with E-state index in [4.69, 9.17) is 0 Å². The van der Waals surface area contributed by atoms with Gasteiger partial charge in [-0.3, -0.25) is 14.9 Å². The van der Waals surface area contributed by atoms with Crippen LogP contribution in [0.25, 0.3) is 0 Å². The van der Waals surface area contributed by atoms with Crippen LogP contribution < -0.4 is 15.5 Å². The average Bonchev–Trinajstić information content (AvgIpc) is 3.01. The Morgan fingerprint density at radius 1 is 1.37 bits per heavy atom. The van der Waals surface area contributed by atoms with E-state index in [-0.39, 0.29) is 41.9 Å². The number of nitro groups is 1. The van der Waals surface area contributed by atoms with Crippen LogP contribution in [0.4, 0.5) is 26.1 Å². The van der Waals surface area contributed by atoms with E-state index in [1.807, 2.05) is 0 Å². The molecule has 0 aromatic carbocycles. The summed E-state index contributed by atoms with van der Waals surface area (Å²) in [6, 6.07) is 1.12. The van der Waals surface area contributed by atoms with Crippen LogP contribution in [0.2, 0.25) is 0 Å². The van der Waals surface area contributed by atoms with Crippen molar-refractivity contribution in [2.75, 3.05) is 30.4 Å². The molecule has 1 amide bonds. The van der Waals surface area contributed by atoms with Gasteiger partial charge < -0.3 is 15.5 Å². The summed E-state index contributed by atoms with van der Waals surface area (Å²) >= 11 is 0. The number of carbonyl (C=O) groups is 1. The molecule has 2 N–H and O–H groups in total. The summed E-state index contributed by atoms with van der Waals surface area (Å²) in [5, 5.41) is 16.8. The number of carbonyl (C=O) groups excluding carboxylic acids is 1. The minimum Gasteiger partial charge on any atom is -0.367 e. The summed E-state index contributed by atoms with van der Waals surface area (Å²) in [6.07, 6.45) is 4.47. The van der Waals surface area contributed by atoms with E-state index in [0.717, 1.165) is 38.2 Å². The minimum atomic E-state index is -2.87. The van der Waals surface area contributed by atoms with Crippen molar-refractivity contribution in [3.63, 3.8) is 0 Å². The van der Waals surface area contributed by atoms with E-state index in [9.17, 15) is 23.7 Å². The van der Waals surface area contributed by atoms with Crippen LogP contribution in [0.1, 0.15) is 48.9 Å². The van der Waals surface area contributed by atoms with Gasteiger partial charge in [0, 0.05) is 32.1 Å². The Morgan fingerprint density at radius 2 is 2.07 bits per heavy atom. The highest BCUT2D eigenvalue weighted by atomic mass is 19.3. The predicted molar refractivity (Wildman–Crippen MR) is 96.6 cm³/mol. The Morgan fingerprint density at radius 3 is 2.63 bits per heavy atom. The van der Waals surface area contributed by atoms with E-state index in [2.05, 4.69) is 15.6 Å². The lowest BCUT2D eigenvalue weighted by Gasteiger charge is -2.25. The van der Waals surface area contributed by atoms with Crippen molar-refractivity contribution >= 4 is 23.2 Å². The maximum absolute atomic E-state index is 13.7. The van der Waals surface area contributed by atoms with E-state index < -0.39 is 23.3 Å². The molecule has 148 valence electrons. The molecule has 2 fully saturated rings. The van der Waals surface area contributed by atoms with Crippen molar-refractivity contribution in [3.8, 4) is 0 Å². The summed E-state index contributed by atoms with van der Waals surface area (Å²) in [5.41, 5.74) is -0.398. The van der Waals surface area contributed by atoms with Crippen molar-refractivity contribution < 1.29 is 18.5 Å². The van der Waals surface area contributed by atoms with Gasteiger partial charge in [0.25, 0.3) is 11.8 Å². The zero-order valence-electron chi connectivity index (χ0n) is 15.1. The molecule has 3 rings (SSSR count). The Labute approximate surface area is 155 Å². The van der Waals surface area contributed by atoms with Crippen molar-refractivity contribution in [1.29, 1.82) is 0 Å². The number of alkyl halides is 2. The van der Waals surface area contributed by atoms with Crippen molar-refractivity contribution in [1.82, 2.24) is 10.3 Å². The molecule has 27 heavy (non-hydrogen) atoms. The largest absolute Gasteiger partial charge is 0.367 e. The molecule has 0 radical (unpaired) electrons. The number of anilines is 2. The number of nitrogens with one attached hydrogen (secondary N) is 2. The van der Waals surface area contributed by atoms with Crippen LogP contribution in [-0.4, -0.2) is 47.9 Å². The van der Waals surface area contributed by atoms with Gasteiger partial charge in [-0.2, -0.15) is 0 Å². The molecule has 1 aliphatic heterocycles. The fourth-order valence-electron chi connectivity index (χ4n) is 3.65. The highest BCUT2D eigenvalue weighted by molar-refractivity contribution is 6.00. The van der Waals surface area contributed by atoms with Crippen LogP contribution in [0.5, 0.6) is 0 Å². The molecule has 2 heterocycles. The highest BCUT2D eigenvalue weighted by Gasteiger charge is 2.40. The van der Waals surface area contributed by atoms with Crippen LogP contribution in [-0.2, 0) is 0 Å². The first-order chi connectivity index (χ1) is 12.8. The van der Waals surface area contributed by atoms with E-state index >= 15 is 0 Å². The van der Waals surface area contributed by atoms with Gasteiger partial charge in [0.05, 0.1) is 17.0 Å². The Balaban J connectivity index is 1.96. The van der Waals surface area contributed by atoms with Gasteiger partial charge >= 0.3 is 5.69 Å². The number of nitrogens with zero attached hydrogens (tertiary/aromatic N) is 3. The lowest BCUT2D eigenvalue weighted by molar-refractivity contribution is -0.384. The molecule has 1 aromatic heterocycles. The maximum atomic E-state index is 13.7. The maximum Gasteiger partial charge on any atom is 0.312 e. The van der Waals surface area contributed by atoms with Gasteiger partial charge in [-0.25, -0.2) is 13.8 Å². The first-order valence-corrected chi connectivity index (χ1v) is 9.11. The second kappa shape index (κ2) is 7.61. The summed E-state index contributed by atoms with van der Waals surface area (Å²) in [7, 11) is 1.46. The van der Waals surface area contributed by atoms with Crippen molar-refractivity contribution in [2.45, 2.75) is 50.5 Å². The normalized spacial score (nSPS) is 19.7. The summed E-state index contributed by atoms with van der Waals surface area (Å²) in [6.45, 7) is -0.532. The zero-order valence-corrected chi connectivity index (χ0v) is 15.1. The molecule has 0 unspecified atom stereocenters. The third-order valence-corrected chi connectivity index (χ3v) is 5.07. The molecule has 0 bridgehead atoms. The van der Waals surface area contributed by atoms with E-state index in [1.54, 1.807) is 0 Å². The molecule has 0 spiro atoms. The fourth-order valence-corrected chi connectivity index (χ4v) is 3.65. The lowest BCUT2D eigenvalue weighted by atomic mass is 9.95. The van der Waals surface area contributed by atoms with Gasteiger partial charge in [-0.1, -0.05) is 19.3 Å². The number of aromatic nitrogens is 1. The first kappa shape index (κ1) is 19.2. The van der Waals surface area contributed by atoms with Crippen LogP contribution >= 0.6 is 0 Å². The number of halogens is 2. The van der Waals surface area contributed by atoms with Crippen molar-refractivity contribution in [3.05, 3.63) is 21.7 Å². The van der Waals surface area contributed by atoms with Gasteiger partial charge in [-0.05, 0) is 12.8 Å². The van der Waals surface area contributed by atoms with Gasteiger partial charge in [0.1, 0.15) is 5.82 Å². The molecule has 2 aliphatic rings. The average molecular weight is 383 g/mol. The third-order valence-electron chi connectivity index (χ3n) is 5.07. The molecule has 1 saturated heterocycles. The predicted octanol–water partition coefficient (Wildman–Crippen LogP) is 2.94. The van der Waals surface area contributed by atoms with Crippen LogP contribution in [0, 0.1) is 10.1 Å². The number of rotatable bonds is 5. The number of hydrogen-bond acceptors (Lipinski definition) is 6. The topological polar surface area (TPSA) is 100 Å². The Hall–Kier alpha value is -2.52. The van der Waals surface area contributed by atoms with Gasteiger partial charge in [0.15, 0.2) is 0 Å². The molecular weight excluding hydrogens is 360 g/mol. The summed E-state index contributed by atoms with van der Waals surface area (Å²) in [5.74, 6) is -3.39. The second-order valence-electron chi connectivity index (χ2n) is 7.07. The summed E-state index contributed by atoms with van der Waals surface area (Å²) < 4.78 is 27.4. The molecular formula is C17H23F2N5O3. The molecule has 8 nitrogen and oxygen atoms in total. The SMILES string of the molecule is CNc1nc(N2CCC(F)(F)C2)c(C(=O)NC2CCCCC2)cc1[N+](=O)[O-]. The van der Waals surface area contributed by atoms with Gasteiger partial charge in [-0.15, -0.1) is 0 Å². The monoisotopic (exact) mass is 383 g/mol. The molecule has 1 saturated carbocycles. The van der Waals surface area contributed by atoms with E-state index in [1.165, 1.54) is 11.9 Å². The Kier molecular flexibility index (Phi) is 5.43. The number of hydrogen-bond donors (Lipinski definition) is 2. The molecule has 0 atom stereocenters. The smallest absolute Gasteiger partial charge is 0.312 e. The second-order valence-corrected chi connectivity index (χ2v) is 7.07. The zero-order chi connectivity index (χ0) is 19.6. The van der Waals surface area contributed by atoms with Crippen LogP contribution in [0.15, 0.2) is 6.07 Å². The standard InChI is InChI=1S/C17H23F2N5O3/c1-20-14-13(24(26)27)9-12(16(25)21-11-5-3-2-4-6-11)15(22-14)23-8-7-17(18,19)10-23/h9,11H,2-8,10H2,1H3,(H,20,22)(H,21,25). The molecule has 1 aromatic rings. The third kappa shape index (κ3) is 4.25. The summed E-state index contributed by atoms with van der Waals surface area (Å²) in [4.78, 5) is 29.0. The first-order valence-electron chi connectivity index (χ1n) is 9.11. The Bertz CT molecular complexity index is 738. The van der Waals surface area contributed by atoms with Crippen LogP contribution in [0.3, 0.4) is 0 Å². The van der Waals surface area contributed by atoms with E-state index in [0.29, 0.717) is 0 Å². The quantitative estimate of drug-likeness (QED) is 0.599. The molecule has 10 heteroatoms. The fraction of sp³-hybridized carbons (Fsp3) is 0.647. The van der Waals surface area contributed by atoms with Crippen molar-refractivity contribution in [2.24, 2.45) is 0 Å². The number of pyridine rings is 1. The lowest BCUT2D eigenvalue weighted by Crippen LogP contribution is -2.37. The van der Waals surface area contributed by atoms with Gasteiger partial charge in [0.2, 0.25) is 5.82 Å². The minimum absolute atomic E-state index is 0.0119. The highest BCUT2D eigenvalue weighted by Crippen LogP contribution is 2.35. The number of amides is 1. The molecule has 1 aliphatic carbocycles.